The molecule has 1 aliphatic rings. The van der Waals surface area contributed by atoms with Crippen molar-refractivity contribution in [3.05, 3.63) is 11.5 Å². The van der Waals surface area contributed by atoms with Gasteiger partial charge >= 0.3 is 0 Å². The summed E-state index contributed by atoms with van der Waals surface area (Å²) in [6, 6.07) is 0. The highest BCUT2D eigenvalue weighted by molar-refractivity contribution is 6.32. The van der Waals surface area contributed by atoms with Crippen LogP contribution in [-0.2, 0) is 4.74 Å². The third kappa shape index (κ3) is 2.49. The number of nitrogens with zero attached hydrogens (tertiary/aromatic N) is 2. The minimum Gasteiger partial charge on any atom is -0.473 e. The van der Waals surface area contributed by atoms with E-state index in [1.807, 2.05) is 0 Å². The molecule has 0 aromatic carbocycles. The second-order valence-corrected chi connectivity index (χ2v) is 3.67. The van der Waals surface area contributed by atoms with Crippen LogP contribution >= 0.6 is 11.6 Å². The van der Waals surface area contributed by atoms with Gasteiger partial charge in [-0.2, -0.15) is 4.98 Å². The molecule has 82 valence electrons. The first-order chi connectivity index (χ1) is 7.27. The number of nitrogen functional groups attached to an aromatic ring is 1. The summed E-state index contributed by atoms with van der Waals surface area (Å²) in [6.45, 7) is 1.42. The van der Waals surface area contributed by atoms with Gasteiger partial charge in [-0.3, -0.25) is 0 Å². The van der Waals surface area contributed by atoms with E-state index in [1.54, 1.807) is 0 Å². The highest BCUT2D eigenvalue weighted by Gasteiger charge is 2.18. The van der Waals surface area contributed by atoms with Crippen LogP contribution in [0.3, 0.4) is 0 Å². The fourth-order valence-corrected chi connectivity index (χ4v) is 1.53. The fraction of sp³-hybridized carbons (Fsp3) is 0.556. The Kier molecular flexibility index (Phi) is 3.23. The molecule has 2 N–H and O–H groups in total. The van der Waals surface area contributed by atoms with E-state index < -0.39 is 0 Å². The van der Waals surface area contributed by atoms with E-state index in [1.165, 1.54) is 6.33 Å². The molecule has 0 spiro atoms. The summed E-state index contributed by atoms with van der Waals surface area (Å²) in [7, 11) is 0. The smallest absolute Gasteiger partial charge is 0.242 e. The Bertz CT molecular complexity index is 342. The molecule has 0 bridgehead atoms. The zero-order valence-electron chi connectivity index (χ0n) is 8.15. The third-order valence-electron chi connectivity index (χ3n) is 2.25. The average Bonchev–Trinajstić information content (AvgIpc) is 2.26. The Morgan fingerprint density at radius 3 is 2.87 bits per heavy atom. The largest absolute Gasteiger partial charge is 0.473 e. The maximum atomic E-state index is 5.75. The van der Waals surface area contributed by atoms with Crippen molar-refractivity contribution in [1.82, 2.24) is 9.97 Å². The molecule has 1 aromatic heterocycles. The molecule has 1 saturated heterocycles. The summed E-state index contributed by atoms with van der Waals surface area (Å²) < 4.78 is 10.8. The van der Waals surface area contributed by atoms with E-state index in [4.69, 9.17) is 26.8 Å². The molecule has 15 heavy (non-hydrogen) atoms. The molecule has 1 aromatic rings. The zero-order chi connectivity index (χ0) is 10.7. The lowest BCUT2D eigenvalue weighted by molar-refractivity contribution is 0.0240. The van der Waals surface area contributed by atoms with Gasteiger partial charge in [0.2, 0.25) is 5.88 Å². The molecule has 2 rings (SSSR count). The Morgan fingerprint density at radius 2 is 2.13 bits per heavy atom. The lowest BCUT2D eigenvalue weighted by Crippen LogP contribution is -2.26. The maximum Gasteiger partial charge on any atom is 0.242 e. The van der Waals surface area contributed by atoms with Crippen LogP contribution in [0.2, 0.25) is 5.15 Å². The highest BCUT2D eigenvalue weighted by Crippen LogP contribution is 2.26. The van der Waals surface area contributed by atoms with Crippen LogP contribution in [0.5, 0.6) is 5.88 Å². The first-order valence-electron chi connectivity index (χ1n) is 4.77. The second kappa shape index (κ2) is 4.63. The van der Waals surface area contributed by atoms with Gasteiger partial charge in [0.05, 0.1) is 13.2 Å². The summed E-state index contributed by atoms with van der Waals surface area (Å²) in [6.07, 6.45) is 3.14. The zero-order valence-corrected chi connectivity index (χ0v) is 8.91. The van der Waals surface area contributed by atoms with E-state index in [2.05, 4.69) is 9.97 Å². The fourth-order valence-electron chi connectivity index (χ4n) is 1.40. The number of aromatic nitrogens is 2. The number of halogens is 1. The molecule has 0 saturated carbocycles. The Hall–Kier alpha value is -1.07. The first-order valence-corrected chi connectivity index (χ1v) is 5.15. The first kappa shape index (κ1) is 10.4. The van der Waals surface area contributed by atoms with Crippen LogP contribution in [0, 0.1) is 0 Å². The van der Waals surface area contributed by atoms with Gasteiger partial charge in [0.1, 0.15) is 18.1 Å². The average molecular weight is 230 g/mol. The number of nitrogens with two attached hydrogens (primary N) is 1. The SMILES string of the molecule is Nc1c(Cl)ncnc1OC1CCOCC1. The Labute approximate surface area is 92.6 Å². The van der Waals surface area contributed by atoms with Gasteiger partial charge in [-0.15, -0.1) is 0 Å². The van der Waals surface area contributed by atoms with E-state index in [-0.39, 0.29) is 11.3 Å². The van der Waals surface area contributed by atoms with Gasteiger partial charge < -0.3 is 15.2 Å². The predicted octanol–water partition coefficient (Wildman–Crippen LogP) is 1.27. The predicted molar refractivity (Wildman–Crippen MR) is 55.9 cm³/mol. The molecular weight excluding hydrogens is 218 g/mol. The van der Waals surface area contributed by atoms with Crippen LogP contribution in [0.4, 0.5) is 5.69 Å². The van der Waals surface area contributed by atoms with Crippen molar-refractivity contribution in [2.45, 2.75) is 18.9 Å². The van der Waals surface area contributed by atoms with Gasteiger partial charge in [0.15, 0.2) is 5.15 Å². The van der Waals surface area contributed by atoms with Crippen LogP contribution in [0.1, 0.15) is 12.8 Å². The van der Waals surface area contributed by atoms with E-state index in [0.29, 0.717) is 24.8 Å². The van der Waals surface area contributed by atoms with E-state index in [9.17, 15) is 0 Å². The summed E-state index contributed by atoms with van der Waals surface area (Å²) in [4.78, 5) is 7.71. The summed E-state index contributed by atoms with van der Waals surface area (Å²) in [5.41, 5.74) is 5.98. The molecule has 6 heteroatoms. The van der Waals surface area contributed by atoms with Gasteiger partial charge in [-0.25, -0.2) is 4.98 Å². The van der Waals surface area contributed by atoms with Crippen LogP contribution in [-0.4, -0.2) is 29.3 Å². The molecule has 5 nitrogen and oxygen atoms in total. The van der Waals surface area contributed by atoms with Crippen molar-refractivity contribution < 1.29 is 9.47 Å². The maximum absolute atomic E-state index is 5.75. The van der Waals surface area contributed by atoms with Gasteiger partial charge in [-0.05, 0) is 0 Å². The topological polar surface area (TPSA) is 70.3 Å². The summed E-state index contributed by atoms with van der Waals surface area (Å²) in [5, 5.41) is 0.229. The normalized spacial score (nSPS) is 17.7. The lowest BCUT2D eigenvalue weighted by Gasteiger charge is -2.23. The molecule has 0 aliphatic carbocycles. The third-order valence-corrected chi connectivity index (χ3v) is 2.55. The second-order valence-electron chi connectivity index (χ2n) is 3.31. The van der Waals surface area contributed by atoms with Crippen LogP contribution in [0.25, 0.3) is 0 Å². The van der Waals surface area contributed by atoms with Gasteiger partial charge in [-0.1, -0.05) is 11.6 Å². The van der Waals surface area contributed by atoms with Crippen molar-refractivity contribution in [2.75, 3.05) is 18.9 Å². The summed E-state index contributed by atoms with van der Waals surface area (Å²) >= 11 is 5.75. The van der Waals surface area contributed by atoms with E-state index in [0.717, 1.165) is 12.8 Å². The summed E-state index contributed by atoms with van der Waals surface area (Å²) in [5.74, 6) is 0.363. The van der Waals surface area contributed by atoms with Crippen LogP contribution in [0.15, 0.2) is 6.33 Å². The minimum absolute atomic E-state index is 0.104. The lowest BCUT2D eigenvalue weighted by atomic mass is 10.1. The monoisotopic (exact) mass is 229 g/mol. The number of hydrogen-bond donors (Lipinski definition) is 1. The Morgan fingerprint density at radius 1 is 1.40 bits per heavy atom. The van der Waals surface area contributed by atoms with Gasteiger partial charge in [0, 0.05) is 12.8 Å². The standard InChI is InChI=1S/C9H12ClN3O2/c10-8-7(11)9(13-5-12-8)15-6-1-3-14-4-2-6/h5-6H,1-4,11H2. The molecule has 0 atom stereocenters. The molecule has 0 radical (unpaired) electrons. The van der Waals surface area contributed by atoms with Crippen molar-refractivity contribution in [1.29, 1.82) is 0 Å². The number of hydrogen-bond acceptors (Lipinski definition) is 5. The molecule has 0 amide bonds. The molecule has 1 aliphatic heterocycles. The van der Waals surface area contributed by atoms with E-state index >= 15 is 0 Å². The minimum atomic E-state index is 0.104. The van der Waals surface area contributed by atoms with Crippen molar-refractivity contribution in [3.63, 3.8) is 0 Å². The number of rotatable bonds is 2. The Balaban J connectivity index is 2.06. The van der Waals surface area contributed by atoms with Crippen molar-refractivity contribution >= 4 is 17.3 Å². The quantitative estimate of drug-likeness (QED) is 0.774. The molecule has 1 fully saturated rings. The number of anilines is 1. The van der Waals surface area contributed by atoms with Crippen molar-refractivity contribution in [3.8, 4) is 5.88 Å². The molecular formula is C9H12ClN3O2. The number of ether oxygens (including phenoxy) is 2. The van der Waals surface area contributed by atoms with Crippen molar-refractivity contribution in [2.24, 2.45) is 0 Å². The molecule has 0 unspecified atom stereocenters. The van der Waals surface area contributed by atoms with Gasteiger partial charge in [0.25, 0.3) is 0 Å². The highest BCUT2D eigenvalue weighted by atomic mass is 35.5. The van der Waals surface area contributed by atoms with Crippen LogP contribution < -0.4 is 10.5 Å². The molecule has 2 heterocycles.